The van der Waals surface area contributed by atoms with E-state index in [-0.39, 0.29) is 35.5 Å². The number of rotatable bonds is 6. The Kier molecular flexibility index (Phi) is 6.12. The first-order valence-electron chi connectivity index (χ1n) is 10.9. The first-order chi connectivity index (χ1) is 15.7. The fourth-order valence-electron chi connectivity index (χ4n) is 3.75. The lowest BCUT2D eigenvalue weighted by atomic mass is 10.1. The highest BCUT2D eigenvalue weighted by atomic mass is 35.5. The summed E-state index contributed by atoms with van der Waals surface area (Å²) in [6.07, 6.45) is 0. The molecule has 2 aromatic carbocycles. The number of aromatic nitrogens is 4. The van der Waals surface area contributed by atoms with E-state index in [9.17, 15) is 14.4 Å². The van der Waals surface area contributed by atoms with Crippen molar-refractivity contribution in [2.75, 3.05) is 6.54 Å². The minimum absolute atomic E-state index is 0.218. The van der Waals surface area contributed by atoms with E-state index >= 15 is 0 Å². The number of carbonyl (C=O) groups excluding carboxylic acids is 1. The van der Waals surface area contributed by atoms with Crippen LogP contribution in [0.2, 0.25) is 5.02 Å². The van der Waals surface area contributed by atoms with Gasteiger partial charge in [0.1, 0.15) is 0 Å². The Morgan fingerprint density at radius 3 is 2.39 bits per heavy atom. The maximum atomic E-state index is 13.4. The summed E-state index contributed by atoms with van der Waals surface area (Å²) in [6.45, 7) is 8.49. The van der Waals surface area contributed by atoms with Crippen LogP contribution in [0.5, 0.6) is 0 Å². The molecule has 0 aliphatic heterocycles. The van der Waals surface area contributed by atoms with E-state index in [2.05, 4.69) is 10.4 Å². The number of fused-ring (bicyclic) bond motifs is 3. The highest BCUT2D eigenvalue weighted by molar-refractivity contribution is 6.30. The van der Waals surface area contributed by atoms with Crippen LogP contribution in [0.15, 0.2) is 52.1 Å². The summed E-state index contributed by atoms with van der Waals surface area (Å²) in [6, 6.07) is 11.7. The number of nitrogens with zero attached hydrogens (tertiary/aromatic N) is 4. The number of amides is 1. The third-order valence-corrected chi connectivity index (χ3v) is 5.67. The predicted octanol–water partition coefficient (Wildman–Crippen LogP) is 3.48. The molecule has 2 heterocycles. The van der Waals surface area contributed by atoms with Gasteiger partial charge < -0.3 is 5.32 Å². The zero-order valence-electron chi connectivity index (χ0n) is 19.0. The summed E-state index contributed by atoms with van der Waals surface area (Å²) < 4.78 is 4.23. The highest BCUT2D eigenvalue weighted by Crippen LogP contribution is 2.17. The minimum atomic E-state index is -0.390. The Labute approximate surface area is 195 Å². The molecule has 33 heavy (non-hydrogen) atoms. The predicted molar refractivity (Wildman–Crippen MR) is 129 cm³/mol. The molecular weight excluding hydrogens is 442 g/mol. The van der Waals surface area contributed by atoms with Gasteiger partial charge in [-0.3, -0.25) is 14.2 Å². The molecule has 0 aliphatic rings. The van der Waals surface area contributed by atoms with Crippen LogP contribution in [-0.4, -0.2) is 31.2 Å². The van der Waals surface area contributed by atoms with Gasteiger partial charge in [0, 0.05) is 23.2 Å². The fourth-order valence-corrected chi connectivity index (χ4v) is 3.88. The summed E-state index contributed by atoms with van der Waals surface area (Å²) in [5.41, 5.74) is 0.936. The normalized spacial score (nSPS) is 11.7. The van der Waals surface area contributed by atoms with Crippen molar-refractivity contribution in [1.29, 1.82) is 0 Å². The van der Waals surface area contributed by atoms with Crippen molar-refractivity contribution in [3.8, 4) is 0 Å². The first-order valence-corrected chi connectivity index (χ1v) is 11.3. The van der Waals surface area contributed by atoms with Crippen molar-refractivity contribution in [3.05, 3.63) is 79.5 Å². The molecule has 2 aromatic heterocycles. The van der Waals surface area contributed by atoms with Gasteiger partial charge in [-0.15, -0.1) is 5.10 Å². The van der Waals surface area contributed by atoms with Gasteiger partial charge in [0.2, 0.25) is 5.78 Å². The van der Waals surface area contributed by atoms with E-state index in [4.69, 9.17) is 11.6 Å². The van der Waals surface area contributed by atoms with Crippen LogP contribution in [-0.2, 0) is 6.54 Å². The second-order valence-electron chi connectivity index (χ2n) is 8.81. The van der Waals surface area contributed by atoms with Crippen LogP contribution < -0.4 is 16.6 Å². The van der Waals surface area contributed by atoms with Gasteiger partial charge in [-0.05, 0) is 55.7 Å². The lowest BCUT2D eigenvalue weighted by Gasteiger charge is -2.13. The number of halogens is 1. The van der Waals surface area contributed by atoms with E-state index in [1.54, 1.807) is 30.3 Å². The molecule has 9 heteroatoms. The van der Waals surface area contributed by atoms with E-state index in [0.717, 1.165) is 5.56 Å². The Morgan fingerprint density at radius 2 is 1.76 bits per heavy atom. The Bertz CT molecular complexity index is 1460. The number of benzene rings is 2. The molecular formula is C24H26ClN5O3. The highest BCUT2D eigenvalue weighted by Gasteiger charge is 2.20. The zero-order valence-corrected chi connectivity index (χ0v) is 19.8. The van der Waals surface area contributed by atoms with E-state index < -0.39 is 0 Å². The van der Waals surface area contributed by atoms with Crippen molar-refractivity contribution in [1.82, 2.24) is 24.1 Å². The molecule has 1 N–H and O–H groups in total. The molecule has 0 radical (unpaired) electrons. The Hall–Kier alpha value is -3.39. The molecule has 0 atom stereocenters. The minimum Gasteiger partial charge on any atom is -0.352 e. The van der Waals surface area contributed by atoms with Crippen molar-refractivity contribution >= 4 is 34.2 Å². The van der Waals surface area contributed by atoms with E-state index in [1.807, 2.05) is 39.8 Å². The molecule has 0 bridgehead atoms. The lowest BCUT2D eigenvalue weighted by molar-refractivity contribution is 0.0949. The fraction of sp³-hybridized carbons (Fsp3) is 0.333. The van der Waals surface area contributed by atoms with Crippen molar-refractivity contribution in [2.24, 2.45) is 5.92 Å². The van der Waals surface area contributed by atoms with Crippen molar-refractivity contribution < 1.29 is 4.79 Å². The molecule has 0 fully saturated rings. The quantitative estimate of drug-likeness (QED) is 0.470. The summed E-state index contributed by atoms with van der Waals surface area (Å²) in [7, 11) is 0. The van der Waals surface area contributed by atoms with Gasteiger partial charge in [0.05, 0.1) is 17.4 Å². The summed E-state index contributed by atoms with van der Waals surface area (Å²) in [4.78, 5) is 39.3. The number of hydrogen-bond donors (Lipinski definition) is 1. The van der Waals surface area contributed by atoms with Gasteiger partial charge in [-0.1, -0.05) is 37.6 Å². The van der Waals surface area contributed by atoms with E-state index in [0.29, 0.717) is 34.0 Å². The number of carbonyl (C=O) groups is 1. The third kappa shape index (κ3) is 4.30. The molecule has 4 aromatic rings. The number of hydrogen-bond acceptors (Lipinski definition) is 4. The molecule has 0 spiro atoms. The van der Waals surface area contributed by atoms with Gasteiger partial charge in [-0.2, -0.15) is 0 Å². The van der Waals surface area contributed by atoms with Gasteiger partial charge >= 0.3 is 5.69 Å². The molecule has 8 nitrogen and oxygen atoms in total. The molecule has 1 amide bonds. The summed E-state index contributed by atoms with van der Waals surface area (Å²) in [5.74, 6) is 0.280. The topological polar surface area (TPSA) is 90.4 Å². The summed E-state index contributed by atoms with van der Waals surface area (Å²) in [5, 5.41) is 8.32. The maximum Gasteiger partial charge on any atom is 0.352 e. The summed E-state index contributed by atoms with van der Waals surface area (Å²) >= 11 is 5.97. The average Bonchev–Trinajstić information content (AvgIpc) is 3.08. The molecule has 0 aliphatic carbocycles. The van der Waals surface area contributed by atoms with Crippen LogP contribution in [0.3, 0.4) is 0 Å². The molecule has 172 valence electrons. The second kappa shape index (κ2) is 8.86. The standard InChI is InChI=1S/C24H26ClN5O3/c1-14(2)12-26-21(31)17-7-10-19-20(11-17)30-23(29(15(3)4)22(19)32)27-28(24(30)33)13-16-5-8-18(25)9-6-16/h5-11,14-15H,12-13H2,1-4H3,(H,26,31). The largest absolute Gasteiger partial charge is 0.352 e. The molecule has 0 saturated heterocycles. The third-order valence-electron chi connectivity index (χ3n) is 5.42. The Balaban J connectivity index is 1.93. The Morgan fingerprint density at radius 1 is 1.06 bits per heavy atom. The SMILES string of the molecule is CC(C)CNC(=O)c1ccc2c(=O)n(C(C)C)c3nn(Cc4ccc(Cl)cc4)c(=O)n3c2c1. The monoisotopic (exact) mass is 467 g/mol. The van der Waals surface area contributed by atoms with Crippen LogP contribution >= 0.6 is 11.6 Å². The lowest BCUT2D eigenvalue weighted by Crippen LogP contribution is -2.29. The van der Waals surface area contributed by atoms with Gasteiger partial charge in [0.25, 0.3) is 11.5 Å². The van der Waals surface area contributed by atoms with Crippen LogP contribution in [0.4, 0.5) is 0 Å². The van der Waals surface area contributed by atoms with Crippen molar-refractivity contribution in [2.45, 2.75) is 40.3 Å². The average molecular weight is 468 g/mol. The first kappa shape index (κ1) is 22.8. The van der Waals surface area contributed by atoms with E-state index in [1.165, 1.54) is 13.6 Å². The van der Waals surface area contributed by atoms with Gasteiger partial charge in [0.15, 0.2) is 0 Å². The second-order valence-corrected chi connectivity index (χ2v) is 9.24. The maximum absolute atomic E-state index is 13.4. The molecule has 0 saturated carbocycles. The zero-order chi connectivity index (χ0) is 23.9. The van der Waals surface area contributed by atoms with Gasteiger partial charge in [-0.25, -0.2) is 13.9 Å². The number of nitrogens with one attached hydrogen (secondary N) is 1. The molecule has 4 rings (SSSR count). The van der Waals surface area contributed by atoms with Crippen LogP contribution in [0.25, 0.3) is 16.7 Å². The van der Waals surface area contributed by atoms with Crippen molar-refractivity contribution in [3.63, 3.8) is 0 Å². The smallest absolute Gasteiger partial charge is 0.352 e. The molecule has 0 unspecified atom stereocenters. The van der Waals surface area contributed by atoms with Crippen LogP contribution in [0.1, 0.15) is 49.7 Å². The van der Waals surface area contributed by atoms with Crippen LogP contribution in [0, 0.1) is 5.92 Å².